The van der Waals surface area contributed by atoms with Crippen molar-refractivity contribution in [2.75, 3.05) is 7.05 Å². The summed E-state index contributed by atoms with van der Waals surface area (Å²) in [5.41, 5.74) is 0.161. The SMILES string of the molecule is CNC(=O)C(Cl)c1c(F)cccc1Br. The smallest absolute Gasteiger partial charge is 0.242 e. The number of alkyl halides is 1. The van der Waals surface area contributed by atoms with E-state index in [2.05, 4.69) is 21.2 Å². The number of halogens is 3. The standard InChI is InChI=1S/C9H8BrClFNO/c1-13-9(14)8(11)7-5(10)3-2-4-6(7)12/h2-4,8H,1H3,(H,13,14). The van der Waals surface area contributed by atoms with E-state index in [9.17, 15) is 9.18 Å². The summed E-state index contributed by atoms with van der Waals surface area (Å²) in [6, 6.07) is 4.44. The third-order valence-electron chi connectivity index (χ3n) is 1.73. The fraction of sp³-hybridized carbons (Fsp3) is 0.222. The van der Waals surface area contributed by atoms with E-state index in [1.807, 2.05) is 0 Å². The molecule has 1 N–H and O–H groups in total. The van der Waals surface area contributed by atoms with Crippen molar-refractivity contribution >= 4 is 33.4 Å². The number of rotatable bonds is 2. The molecule has 0 aliphatic rings. The Kier molecular flexibility index (Phi) is 3.89. The Bertz CT molecular complexity index is 338. The van der Waals surface area contributed by atoms with E-state index in [1.54, 1.807) is 6.07 Å². The van der Waals surface area contributed by atoms with Crippen molar-refractivity contribution in [1.82, 2.24) is 5.32 Å². The van der Waals surface area contributed by atoms with Crippen molar-refractivity contribution < 1.29 is 9.18 Å². The average molecular weight is 281 g/mol. The molecule has 0 bridgehead atoms. The number of benzene rings is 1. The lowest BCUT2D eigenvalue weighted by Crippen LogP contribution is -2.23. The molecule has 0 aliphatic carbocycles. The Labute approximate surface area is 94.6 Å². The van der Waals surface area contributed by atoms with Gasteiger partial charge in [-0.1, -0.05) is 22.0 Å². The van der Waals surface area contributed by atoms with Gasteiger partial charge >= 0.3 is 0 Å². The summed E-state index contributed by atoms with van der Waals surface area (Å²) >= 11 is 8.93. The summed E-state index contributed by atoms with van der Waals surface area (Å²) in [7, 11) is 1.45. The van der Waals surface area contributed by atoms with Gasteiger partial charge in [0.2, 0.25) is 5.91 Å². The van der Waals surface area contributed by atoms with Crippen molar-refractivity contribution in [2.24, 2.45) is 0 Å². The minimum absolute atomic E-state index is 0.161. The first-order valence-electron chi connectivity index (χ1n) is 3.87. The highest BCUT2D eigenvalue weighted by molar-refractivity contribution is 9.10. The van der Waals surface area contributed by atoms with E-state index in [1.165, 1.54) is 19.2 Å². The maximum absolute atomic E-state index is 13.3. The topological polar surface area (TPSA) is 29.1 Å². The highest BCUT2D eigenvalue weighted by Gasteiger charge is 2.22. The second kappa shape index (κ2) is 4.75. The molecule has 1 aromatic rings. The van der Waals surface area contributed by atoms with Crippen LogP contribution in [0.15, 0.2) is 22.7 Å². The van der Waals surface area contributed by atoms with Crippen LogP contribution in [-0.2, 0) is 4.79 Å². The molecule has 76 valence electrons. The number of carbonyl (C=O) groups excluding carboxylic acids is 1. The second-order valence-corrected chi connectivity index (χ2v) is 3.90. The van der Waals surface area contributed by atoms with E-state index in [0.717, 1.165) is 0 Å². The van der Waals surface area contributed by atoms with Gasteiger partial charge in [-0.05, 0) is 12.1 Å². The lowest BCUT2D eigenvalue weighted by molar-refractivity contribution is -0.120. The van der Waals surface area contributed by atoms with Gasteiger partial charge in [-0.2, -0.15) is 0 Å². The van der Waals surface area contributed by atoms with Gasteiger partial charge in [-0.3, -0.25) is 4.79 Å². The predicted octanol–water partition coefficient (Wildman–Crippen LogP) is 2.61. The highest BCUT2D eigenvalue weighted by Crippen LogP contribution is 2.30. The third-order valence-corrected chi connectivity index (χ3v) is 2.84. The van der Waals surface area contributed by atoms with Crippen LogP contribution < -0.4 is 5.32 Å². The highest BCUT2D eigenvalue weighted by atomic mass is 79.9. The Morgan fingerprint density at radius 1 is 1.64 bits per heavy atom. The summed E-state index contributed by atoms with van der Waals surface area (Å²) < 4.78 is 13.8. The zero-order valence-corrected chi connectivity index (χ0v) is 9.69. The number of amides is 1. The largest absolute Gasteiger partial charge is 0.358 e. The first kappa shape index (κ1) is 11.5. The van der Waals surface area contributed by atoms with Gasteiger partial charge in [0, 0.05) is 17.1 Å². The Morgan fingerprint density at radius 2 is 2.29 bits per heavy atom. The lowest BCUT2D eigenvalue weighted by atomic mass is 10.1. The van der Waals surface area contributed by atoms with Gasteiger partial charge in [0.05, 0.1) is 0 Å². The van der Waals surface area contributed by atoms with Crippen LogP contribution in [0.25, 0.3) is 0 Å². The van der Waals surface area contributed by atoms with Crippen LogP contribution in [-0.4, -0.2) is 13.0 Å². The first-order valence-corrected chi connectivity index (χ1v) is 5.10. The van der Waals surface area contributed by atoms with Gasteiger partial charge in [-0.15, -0.1) is 11.6 Å². The van der Waals surface area contributed by atoms with Crippen molar-refractivity contribution in [3.05, 3.63) is 34.1 Å². The van der Waals surface area contributed by atoms with E-state index in [4.69, 9.17) is 11.6 Å². The van der Waals surface area contributed by atoms with Gasteiger partial charge in [-0.25, -0.2) is 4.39 Å². The fourth-order valence-electron chi connectivity index (χ4n) is 1.01. The summed E-state index contributed by atoms with van der Waals surface area (Å²) in [6.45, 7) is 0. The number of nitrogens with one attached hydrogen (secondary N) is 1. The molecule has 0 aliphatic heterocycles. The van der Waals surface area contributed by atoms with Crippen molar-refractivity contribution in [2.45, 2.75) is 5.38 Å². The van der Waals surface area contributed by atoms with E-state index >= 15 is 0 Å². The normalized spacial score (nSPS) is 12.3. The van der Waals surface area contributed by atoms with Crippen molar-refractivity contribution in [3.8, 4) is 0 Å². The quantitative estimate of drug-likeness (QED) is 0.829. The van der Waals surface area contributed by atoms with Crippen LogP contribution >= 0.6 is 27.5 Å². The Hall–Kier alpha value is -0.610. The molecule has 14 heavy (non-hydrogen) atoms. The minimum Gasteiger partial charge on any atom is -0.358 e. The molecule has 5 heteroatoms. The zero-order chi connectivity index (χ0) is 10.7. The Morgan fingerprint density at radius 3 is 2.79 bits per heavy atom. The lowest BCUT2D eigenvalue weighted by Gasteiger charge is -2.10. The molecule has 1 unspecified atom stereocenters. The van der Waals surface area contributed by atoms with Crippen molar-refractivity contribution in [1.29, 1.82) is 0 Å². The maximum atomic E-state index is 13.3. The number of hydrogen-bond acceptors (Lipinski definition) is 1. The van der Waals surface area contributed by atoms with Gasteiger partial charge in [0.15, 0.2) is 0 Å². The molecule has 0 radical (unpaired) electrons. The fourth-order valence-corrected chi connectivity index (χ4v) is 2.04. The van der Waals surface area contributed by atoms with Crippen LogP contribution in [0.3, 0.4) is 0 Å². The van der Waals surface area contributed by atoms with Crippen LogP contribution in [0.1, 0.15) is 10.9 Å². The molecule has 1 rings (SSSR count). The monoisotopic (exact) mass is 279 g/mol. The predicted molar refractivity (Wildman–Crippen MR) is 56.8 cm³/mol. The molecule has 0 aromatic heterocycles. The van der Waals surface area contributed by atoms with E-state index in [0.29, 0.717) is 4.47 Å². The molecule has 2 nitrogen and oxygen atoms in total. The van der Waals surface area contributed by atoms with Crippen molar-refractivity contribution in [3.63, 3.8) is 0 Å². The van der Waals surface area contributed by atoms with Gasteiger partial charge < -0.3 is 5.32 Å². The number of likely N-dealkylation sites (N-methyl/N-ethyl adjacent to an activating group) is 1. The zero-order valence-electron chi connectivity index (χ0n) is 7.35. The second-order valence-electron chi connectivity index (χ2n) is 2.61. The number of carbonyl (C=O) groups is 1. The molecule has 0 fully saturated rings. The Balaban J connectivity index is 3.11. The molecule has 1 aromatic carbocycles. The van der Waals surface area contributed by atoms with Gasteiger partial charge in [0.1, 0.15) is 11.2 Å². The molecule has 1 atom stereocenters. The van der Waals surface area contributed by atoms with Crippen LogP contribution in [0.4, 0.5) is 4.39 Å². The minimum atomic E-state index is -1.02. The van der Waals surface area contributed by atoms with E-state index < -0.39 is 17.1 Å². The molecule has 0 saturated heterocycles. The molecule has 0 spiro atoms. The van der Waals surface area contributed by atoms with Crippen LogP contribution in [0.5, 0.6) is 0 Å². The summed E-state index contributed by atoms with van der Waals surface area (Å²) in [5.74, 6) is -0.930. The molecule has 1 amide bonds. The van der Waals surface area contributed by atoms with Crippen LogP contribution in [0.2, 0.25) is 0 Å². The van der Waals surface area contributed by atoms with E-state index in [-0.39, 0.29) is 5.56 Å². The first-order chi connectivity index (χ1) is 6.57. The third kappa shape index (κ3) is 2.25. The average Bonchev–Trinajstić information content (AvgIpc) is 2.16. The number of hydrogen-bond donors (Lipinski definition) is 1. The molecule has 0 heterocycles. The molecule has 0 saturated carbocycles. The van der Waals surface area contributed by atoms with Crippen LogP contribution in [0, 0.1) is 5.82 Å². The maximum Gasteiger partial charge on any atom is 0.242 e. The summed E-state index contributed by atoms with van der Waals surface area (Å²) in [4.78, 5) is 11.2. The summed E-state index contributed by atoms with van der Waals surface area (Å²) in [5, 5.41) is 1.34. The van der Waals surface area contributed by atoms with Gasteiger partial charge in [0.25, 0.3) is 0 Å². The molecular formula is C9H8BrClFNO. The molecular weight excluding hydrogens is 272 g/mol. The summed E-state index contributed by atoms with van der Waals surface area (Å²) in [6.07, 6.45) is 0.